The van der Waals surface area contributed by atoms with Gasteiger partial charge in [-0.2, -0.15) is 0 Å². The first-order valence-electron chi connectivity index (χ1n) is 10.9. The van der Waals surface area contributed by atoms with E-state index in [-0.39, 0.29) is 12.5 Å². The molecule has 0 saturated carbocycles. The minimum atomic E-state index is -0.0466. The van der Waals surface area contributed by atoms with Crippen molar-refractivity contribution in [2.75, 3.05) is 0 Å². The number of halogens is 2. The second-order valence-corrected chi connectivity index (χ2v) is 9.59. The van der Waals surface area contributed by atoms with E-state index in [1.807, 2.05) is 53.1 Å². The Balaban J connectivity index is 1.52. The fraction of sp³-hybridized carbons (Fsp3) is 0.192. The standard InChI is InChI=1S/C26H24Cl2N4OS/c1-18-7-5-6-10-20(18)17-34-26-31-30-24(32(26)23-13-12-21(27)15-22(23)28)16-29-25(33)14-11-19-8-3-2-4-9-19/h2-10,12-13,15H,11,14,16-17H2,1H3,(H,29,33). The van der Waals surface area contributed by atoms with E-state index in [9.17, 15) is 4.79 Å². The molecule has 0 radical (unpaired) electrons. The number of rotatable bonds is 9. The van der Waals surface area contributed by atoms with Crippen LogP contribution >= 0.6 is 35.0 Å². The van der Waals surface area contributed by atoms with E-state index >= 15 is 0 Å². The van der Waals surface area contributed by atoms with E-state index in [1.165, 1.54) is 11.1 Å². The number of nitrogens with one attached hydrogen (secondary N) is 1. The van der Waals surface area contributed by atoms with Crippen molar-refractivity contribution in [1.29, 1.82) is 0 Å². The Morgan fingerprint density at radius 1 is 1.00 bits per heavy atom. The fourth-order valence-electron chi connectivity index (χ4n) is 3.50. The van der Waals surface area contributed by atoms with Crippen LogP contribution in [0.2, 0.25) is 10.0 Å². The van der Waals surface area contributed by atoms with Gasteiger partial charge in [-0.15, -0.1) is 10.2 Å². The van der Waals surface area contributed by atoms with Crippen molar-refractivity contribution in [3.8, 4) is 5.69 Å². The Morgan fingerprint density at radius 2 is 1.76 bits per heavy atom. The molecule has 0 aliphatic heterocycles. The fourth-order valence-corrected chi connectivity index (χ4v) is 5.03. The van der Waals surface area contributed by atoms with Crippen molar-refractivity contribution in [3.05, 3.63) is 105 Å². The van der Waals surface area contributed by atoms with Crippen molar-refractivity contribution < 1.29 is 4.79 Å². The van der Waals surface area contributed by atoms with Gasteiger partial charge in [0.2, 0.25) is 5.91 Å². The number of thioether (sulfide) groups is 1. The second-order valence-electron chi connectivity index (χ2n) is 7.81. The Labute approximate surface area is 213 Å². The van der Waals surface area contributed by atoms with Gasteiger partial charge >= 0.3 is 0 Å². The van der Waals surface area contributed by atoms with Crippen LogP contribution < -0.4 is 5.32 Å². The zero-order valence-corrected chi connectivity index (χ0v) is 21.0. The first-order valence-corrected chi connectivity index (χ1v) is 12.6. The number of carbonyl (C=O) groups is 1. The Hall–Kier alpha value is -2.80. The molecule has 0 bridgehead atoms. The highest BCUT2D eigenvalue weighted by molar-refractivity contribution is 7.98. The average Bonchev–Trinajstić information content (AvgIpc) is 3.24. The molecule has 5 nitrogen and oxygen atoms in total. The lowest BCUT2D eigenvalue weighted by Gasteiger charge is -2.13. The normalized spacial score (nSPS) is 10.9. The van der Waals surface area contributed by atoms with Gasteiger partial charge in [-0.25, -0.2) is 0 Å². The number of nitrogens with zero attached hydrogens (tertiary/aromatic N) is 3. The summed E-state index contributed by atoms with van der Waals surface area (Å²) in [6, 6.07) is 23.5. The first kappa shape index (κ1) is 24.3. The molecule has 0 spiro atoms. The second kappa shape index (κ2) is 11.6. The predicted molar refractivity (Wildman–Crippen MR) is 139 cm³/mol. The van der Waals surface area contributed by atoms with E-state index in [1.54, 1.807) is 23.9 Å². The van der Waals surface area contributed by atoms with Gasteiger partial charge in [-0.05, 0) is 48.2 Å². The highest BCUT2D eigenvalue weighted by Crippen LogP contribution is 2.31. The molecule has 34 heavy (non-hydrogen) atoms. The molecule has 0 unspecified atom stereocenters. The molecule has 4 rings (SSSR count). The number of amides is 1. The van der Waals surface area contributed by atoms with E-state index in [0.29, 0.717) is 33.9 Å². The van der Waals surface area contributed by atoms with Crippen LogP contribution in [0.5, 0.6) is 0 Å². The third-order valence-corrected chi connectivity index (χ3v) is 6.91. The van der Waals surface area contributed by atoms with Gasteiger partial charge in [0.05, 0.1) is 17.3 Å². The summed E-state index contributed by atoms with van der Waals surface area (Å²) in [7, 11) is 0. The lowest BCUT2D eigenvalue weighted by molar-refractivity contribution is -0.121. The number of aryl methyl sites for hydroxylation is 2. The Morgan fingerprint density at radius 3 is 2.53 bits per heavy atom. The highest BCUT2D eigenvalue weighted by atomic mass is 35.5. The van der Waals surface area contributed by atoms with E-state index in [0.717, 1.165) is 17.0 Å². The predicted octanol–water partition coefficient (Wildman–Crippen LogP) is 6.42. The van der Waals surface area contributed by atoms with Gasteiger partial charge < -0.3 is 5.32 Å². The van der Waals surface area contributed by atoms with Crippen LogP contribution in [0.4, 0.5) is 0 Å². The quantitative estimate of drug-likeness (QED) is 0.263. The molecule has 0 atom stereocenters. The van der Waals surface area contributed by atoms with Gasteiger partial charge in [-0.1, -0.05) is 89.6 Å². The summed E-state index contributed by atoms with van der Waals surface area (Å²) in [5.74, 6) is 1.29. The van der Waals surface area contributed by atoms with Gasteiger partial charge in [0.25, 0.3) is 0 Å². The molecular formula is C26H24Cl2N4OS. The molecule has 1 heterocycles. The average molecular weight is 511 g/mol. The largest absolute Gasteiger partial charge is 0.349 e. The molecule has 1 N–H and O–H groups in total. The van der Waals surface area contributed by atoms with Crippen LogP contribution in [-0.2, 0) is 23.5 Å². The summed E-state index contributed by atoms with van der Waals surface area (Å²) < 4.78 is 1.89. The third kappa shape index (κ3) is 6.20. The van der Waals surface area contributed by atoms with Crippen molar-refractivity contribution in [2.24, 2.45) is 0 Å². The van der Waals surface area contributed by atoms with Gasteiger partial charge in [0.15, 0.2) is 11.0 Å². The minimum Gasteiger partial charge on any atom is -0.349 e. The maximum absolute atomic E-state index is 12.5. The lowest BCUT2D eigenvalue weighted by atomic mass is 10.1. The number of carbonyl (C=O) groups excluding carboxylic acids is 1. The number of aromatic nitrogens is 3. The molecule has 0 aliphatic carbocycles. The van der Waals surface area contributed by atoms with Crippen molar-refractivity contribution in [3.63, 3.8) is 0 Å². The monoisotopic (exact) mass is 510 g/mol. The van der Waals surface area contributed by atoms with E-state index < -0.39 is 0 Å². The van der Waals surface area contributed by atoms with Crippen LogP contribution in [0.25, 0.3) is 5.69 Å². The molecule has 0 fully saturated rings. The molecule has 1 amide bonds. The summed E-state index contributed by atoms with van der Waals surface area (Å²) in [4.78, 5) is 12.5. The van der Waals surface area contributed by atoms with Gasteiger partial charge in [0, 0.05) is 17.2 Å². The molecule has 8 heteroatoms. The molecule has 0 saturated heterocycles. The summed E-state index contributed by atoms with van der Waals surface area (Å²) in [5.41, 5.74) is 4.29. The molecule has 4 aromatic rings. The third-order valence-electron chi connectivity index (χ3n) is 5.40. The Kier molecular flexibility index (Phi) is 8.27. The lowest BCUT2D eigenvalue weighted by Crippen LogP contribution is -2.25. The zero-order chi connectivity index (χ0) is 23.9. The zero-order valence-electron chi connectivity index (χ0n) is 18.7. The summed E-state index contributed by atoms with van der Waals surface area (Å²) in [6.45, 7) is 2.33. The minimum absolute atomic E-state index is 0.0466. The summed E-state index contributed by atoms with van der Waals surface area (Å²) >= 11 is 14.2. The molecule has 0 aliphatic rings. The number of benzene rings is 3. The first-order chi connectivity index (χ1) is 16.5. The SMILES string of the molecule is Cc1ccccc1CSc1nnc(CNC(=O)CCc2ccccc2)n1-c1ccc(Cl)cc1Cl. The maximum atomic E-state index is 12.5. The Bertz CT molecular complexity index is 1280. The van der Waals surface area contributed by atoms with Crippen LogP contribution in [-0.4, -0.2) is 20.7 Å². The van der Waals surface area contributed by atoms with Crippen molar-refractivity contribution in [1.82, 2.24) is 20.1 Å². The van der Waals surface area contributed by atoms with Gasteiger partial charge in [0.1, 0.15) is 0 Å². The maximum Gasteiger partial charge on any atom is 0.220 e. The topological polar surface area (TPSA) is 59.8 Å². The molecule has 1 aromatic heterocycles. The molecule has 3 aromatic carbocycles. The van der Waals surface area contributed by atoms with E-state index in [4.69, 9.17) is 23.2 Å². The van der Waals surface area contributed by atoms with Crippen LogP contribution in [0, 0.1) is 6.92 Å². The number of hydrogen-bond acceptors (Lipinski definition) is 4. The number of hydrogen-bond donors (Lipinski definition) is 1. The van der Waals surface area contributed by atoms with E-state index in [2.05, 4.69) is 34.6 Å². The van der Waals surface area contributed by atoms with Gasteiger partial charge in [-0.3, -0.25) is 9.36 Å². The van der Waals surface area contributed by atoms with Crippen LogP contribution in [0.15, 0.2) is 78.0 Å². The molecular weight excluding hydrogens is 487 g/mol. The summed E-state index contributed by atoms with van der Waals surface area (Å²) in [5, 5.41) is 13.5. The smallest absolute Gasteiger partial charge is 0.220 e. The highest BCUT2D eigenvalue weighted by Gasteiger charge is 2.18. The van der Waals surface area contributed by atoms with Crippen LogP contribution in [0.3, 0.4) is 0 Å². The van der Waals surface area contributed by atoms with Crippen molar-refractivity contribution >= 4 is 40.9 Å². The van der Waals surface area contributed by atoms with Crippen molar-refractivity contribution in [2.45, 2.75) is 37.2 Å². The van der Waals surface area contributed by atoms with Crippen LogP contribution in [0.1, 0.15) is 28.9 Å². The molecule has 174 valence electrons. The summed E-state index contributed by atoms with van der Waals surface area (Å²) in [6.07, 6.45) is 1.08.